The first kappa shape index (κ1) is 22.2. The monoisotopic (exact) mass is 348 g/mol. The summed E-state index contributed by atoms with van der Waals surface area (Å²) in [5, 5.41) is 2.98. The molecule has 0 aliphatic heterocycles. The number of nitrogen functional groups attached to an aromatic ring is 2. The molecule has 6 nitrogen and oxygen atoms in total. The molecule has 25 heavy (non-hydrogen) atoms. The molecule has 0 unspecified atom stereocenters. The molecule has 2 rings (SSSR count). The van der Waals surface area contributed by atoms with Crippen molar-refractivity contribution in [2.75, 3.05) is 18.5 Å². The topological polar surface area (TPSA) is 111 Å². The van der Waals surface area contributed by atoms with Crippen LogP contribution >= 0.6 is 0 Å². The maximum Gasteiger partial charge on any atom is 0.129 e. The van der Waals surface area contributed by atoms with Crippen molar-refractivity contribution in [2.24, 2.45) is 0 Å². The number of carbonyl (C=O) groups excluding carboxylic acids is 2. The summed E-state index contributed by atoms with van der Waals surface area (Å²) in [6.45, 7) is 6.02. The minimum atomic E-state index is -0.306. The number of pyridine rings is 1. The number of nitrogens with two attached hydrogens (primary N) is 2. The fraction of sp³-hybridized carbons (Fsp3) is 0.278. The summed E-state index contributed by atoms with van der Waals surface area (Å²) in [5.41, 5.74) is 14.6. The highest BCUT2D eigenvalue weighted by atomic mass is 19.1. The molecule has 0 spiro atoms. The van der Waals surface area contributed by atoms with E-state index in [1.54, 1.807) is 20.2 Å². The van der Waals surface area contributed by atoms with Crippen LogP contribution in [0.25, 0.3) is 11.1 Å². The molecule has 1 aromatic carbocycles. The fourth-order valence-corrected chi connectivity index (χ4v) is 1.83. The van der Waals surface area contributed by atoms with Crippen molar-refractivity contribution >= 4 is 23.9 Å². The average Bonchev–Trinajstić information content (AvgIpc) is 2.59. The number of hydrogen-bond donors (Lipinski definition) is 3. The summed E-state index contributed by atoms with van der Waals surface area (Å²) in [6, 6.07) is 4.77. The van der Waals surface area contributed by atoms with E-state index in [-0.39, 0.29) is 11.6 Å². The molecule has 0 amide bonds. The maximum absolute atomic E-state index is 13.5. The molecule has 0 saturated heterocycles. The molecule has 0 aliphatic rings. The minimum Gasteiger partial charge on any atom is -0.396 e. The highest BCUT2D eigenvalue weighted by Crippen LogP contribution is 2.30. The van der Waals surface area contributed by atoms with Crippen molar-refractivity contribution in [2.45, 2.75) is 26.8 Å². The number of nitrogens with zero attached hydrogens (tertiary/aromatic N) is 1. The molecular weight excluding hydrogens is 323 g/mol. The Labute approximate surface area is 147 Å². The first-order valence-corrected chi connectivity index (χ1v) is 7.60. The van der Waals surface area contributed by atoms with Gasteiger partial charge in [-0.2, -0.15) is 0 Å². The van der Waals surface area contributed by atoms with Gasteiger partial charge in [0.25, 0.3) is 0 Å². The summed E-state index contributed by atoms with van der Waals surface area (Å²) in [4.78, 5) is 21.8. The summed E-state index contributed by atoms with van der Waals surface area (Å²) < 4.78 is 13.5. The Morgan fingerprint density at radius 1 is 1.24 bits per heavy atom. The first-order valence-electron chi connectivity index (χ1n) is 7.60. The predicted octanol–water partition coefficient (Wildman–Crippen LogP) is 2.57. The molecule has 136 valence electrons. The van der Waals surface area contributed by atoms with Crippen LogP contribution in [0.5, 0.6) is 0 Å². The van der Waals surface area contributed by atoms with Crippen LogP contribution in [0.2, 0.25) is 0 Å². The normalized spacial score (nSPS) is 9.28. The molecular formula is C18H25FN4O2. The standard InChI is InChI=1S/C13H15FN4.C4H8O.CH2O/c1-17-5-8-2-9(4-10(14)3-8)11-6-18-7-12(15)13(11)16;1-3-4(2)5;1-2/h2-4,6-7,17H,5,15H2,1H3,(H2,16,18);3H2,1-2H3;1H2. The van der Waals surface area contributed by atoms with Gasteiger partial charge < -0.3 is 26.4 Å². The number of rotatable bonds is 4. The highest BCUT2D eigenvalue weighted by Gasteiger charge is 2.08. The van der Waals surface area contributed by atoms with Gasteiger partial charge in [-0.1, -0.05) is 6.92 Å². The summed E-state index contributed by atoms with van der Waals surface area (Å²) in [5.74, 6) is -0.0513. The average molecular weight is 348 g/mol. The molecule has 2 aromatic rings. The summed E-state index contributed by atoms with van der Waals surface area (Å²) in [6.07, 6.45) is 3.73. The van der Waals surface area contributed by atoms with Gasteiger partial charge in [0.05, 0.1) is 17.6 Å². The van der Waals surface area contributed by atoms with Gasteiger partial charge in [0.1, 0.15) is 18.4 Å². The Hall–Kier alpha value is -2.80. The third-order valence-electron chi connectivity index (χ3n) is 3.17. The molecule has 0 fully saturated rings. The second-order valence-electron chi connectivity index (χ2n) is 5.12. The Morgan fingerprint density at radius 3 is 2.36 bits per heavy atom. The van der Waals surface area contributed by atoms with E-state index in [0.29, 0.717) is 35.5 Å². The maximum atomic E-state index is 13.5. The molecule has 0 aliphatic carbocycles. The van der Waals surface area contributed by atoms with Crippen molar-refractivity contribution in [1.29, 1.82) is 0 Å². The van der Waals surface area contributed by atoms with Crippen LogP contribution in [0.3, 0.4) is 0 Å². The first-order chi connectivity index (χ1) is 11.9. The van der Waals surface area contributed by atoms with E-state index in [1.165, 1.54) is 18.3 Å². The lowest BCUT2D eigenvalue weighted by Crippen LogP contribution is -2.05. The van der Waals surface area contributed by atoms with E-state index in [9.17, 15) is 9.18 Å². The predicted molar refractivity (Wildman–Crippen MR) is 99.3 cm³/mol. The number of carbonyl (C=O) groups is 2. The van der Waals surface area contributed by atoms with E-state index in [2.05, 4.69) is 10.3 Å². The minimum absolute atomic E-state index is 0.255. The van der Waals surface area contributed by atoms with Crippen molar-refractivity contribution in [3.05, 3.63) is 42.0 Å². The van der Waals surface area contributed by atoms with Crippen LogP contribution in [0.1, 0.15) is 25.8 Å². The SMILES string of the molecule is C=O.CCC(C)=O.CNCc1cc(F)cc(-c2cncc(N)c2N)c1. The van der Waals surface area contributed by atoms with Crippen molar-refractivity contribution < 1.29 is 14.0 Å². The Morgan fingerprint density at radius 2 is 1.84 bits per heavy atom. The van der Waals surface area contributed by atoms with Gasteiger partial charge in [-0.3, -0.25) is 4.98 Å². The third-order valence-corrected chi connectivity index (χ3v) is 3.17. The van der Waals surface area contributed by atoms with Gasteiger partial charge in [0.15, 0.2) is 0 Å². The molecule has 0 saturated carbocycles. The van der Waals surface area contributed by atoms with E-state index < -0.39 is 0 Å². The molecule has 7 heteroatoms. The number of Topliss-reactive ketones (excluding diaryl/α,β-unsaturated/α-hetero) is 1. The largest absolute Gasteiger partial charge is 0.396 e. The molecule has 0 atom stereocenters. The Bertz CT molecular complexity index is 693. The van der Waals surface area contributed by atoms with Crippen LogP contribution in [-0.4, -0.2) is 24.6 Å². The lowest BCUT2D eigenvalue weighted by atomic mass is 10.0. The number of ketones is 1. The van der Waals surface area contributed by atoms with E-state index in [4.69, 9.17) is 16.3 Å². The lowest BCUT2D eigenvalue weighted by molar-refractivity contribution is -0.116. The van der Waals surface area contributed by atoms with Crippen LogP contribution in [-0.2, 0) is 16.1 Å². The second kappa shape index (κ2) is 11.7. The van der Waals surface area contributed by atoms with Gasteiger partial charge in [0, 0.05) is 24.7 Å². The number of anilines is 2. The second-order valence-corrected chi connectivity index (χ2v) is 5.12. The molecule has 1 aromatic heterocycles. The van der Waals surface area contributed by atoms with Crippen LogP contribution in [0.15, 0.2) is 30.6 Å². The van der Waals surface area contributed by atoms with Crippen LogP contribution in [0, 0.1) is 5.82 Å². The highest BCUT2D eigenvalue weighted by molar-refractivity contribution is 5.83. The lowest BCUT2D eigenvalue weighted by Gasteiger charge is -2.09. The van der Waals surface area contributed by atoms with Gasteiger partial charge in [-0.25, -0.2) is 4.39 Å². The van der Waals surface area contributed by atoms with Gasteiger partial charge in [-0.05, 0) is 43.3 Å². The van der Waals surface area contributed by atoms with Crippen molar-refractivity contribution in [3.8, 4) is 11.1 Å². The van der Waals surface area contributed by atoms with Gasteiger partial charge >= 0.3 is 0 Å². The van der Waals surface area contributed by atoms with Crippen LogP contribution in [0.4, 0.5) is 15.8 Å². The quantitative estimate of drug-likeness (QED) is 0.783. The number of halogens is 1. The molecule has 0 bridgehead atoms. The molecule has 0 radical (unpaired) electrons. The van der Waals surface area contributed by atoms with Gasteiger partial charge in [0.2, 0.25) is 0 Å². The Kier molecular flexibility index (Phi) is 10.4. The Balaban J connectivity index is 0.000000710. The van der Waals surface area contributed by atoms with E-state index in [0.717, 1.165) is 5.56 Å². The molecule has 5 N–H and O–H groups in total. The van der Waals surface area contributed by atoms with Crippen molar-refractivity contribution in [1.82, 2.24) is 10.3 Å². The van der Waals surface area contributed by atoms with Crippen LogP contribution < -0.4 is 16.8 Å². The zero-order valence-corrected chi connectivity index (χ0v) is 14.8. The third kappa shape index (κ3) is 7.54. The van der Waals surface area contributed by atoms with Crippen molar-refractivity contribution in [3.63, 3.8) is 0 Å². The van der Waals surface area contributed by atoms with Gasteiger partial charge in [-0.15, -0.1) is 0 Å². The number of nitrogens with one attached hydrogen (secondary N) is 1. The number of benzene rings is 1. The number of aromatic nitrogens is 1. The zero-order chi connectivity index (χ0) is 19.4. The molecule has 1 heterocycles. The summed E-state index contributed by atoms with van der Waals surface area (Å²) in [7, 11) is 1.81. The van der Waals surface area contributed by atoms with E-state index in [1.807, 2.05) is 19.8 Å². The number of hydrogen-bond acceptors (Lipinski definition) is 6. The zero-order valence-electron chi connectivity index (χ0n) is 14.8. The van der Waals surface area contributed by atoms with E-state index >= 15 is 0 Å². The fourth-order valence-electron chi connectivity index (χ4n) is 1.83. The summed E-state index contributed by atoms with van der Waals surface area (Å²) >= 11 is 0. The smallest absolute Gasteiger partial charge is 0.129 e.